The third-order valence-corrected chi connectivity index (χ3v) is 6.63. The molecule has 2 heterocycles. The lowest BCUT2D eigenvalue weighted by molar-refractivity contribution is -0.121. The van der Waals surface area contributed by atoms with Crippen molar-refractivity contribution in [3.05, 3.63) is 29.8 Å². The largest absolute Gasteiger partial charge is 0.377 e. The van der Waals surface area contributed by atoms with Gasteiger partial charge in [-0.1, -0.05) is 12.1 Å². The first-order chi connectivity index (χ1) is 13.0. The average Bonchev–Trinajstić information content (AvgIpc) is 3.37. The lowest BCUT2D eigenvalue weighted by Gasteiger charge is -2.12. The first-order valence-electron chi connectivity index (χ1n) is 9.70. The summed E-state index contributed by atoms with van der Waals surface area (Å²) in [6, 6.07) is 6.62. The maximum atomic E-state index is 12.3. The zero-order valence-electron chi connectivity index (χ0n) is 15.6. The van der Waals surface area contributed by atoms with E-state index in [1.165, 1.54) is 0 Å². The Morgan fingerprint density at radius 1 is 1.22 bits per heavy atom. The third-order valence-electron chi connectivity index (χ3n) is 5.19. The molecule has 150 valence electrons. The van der Waals surface area contributed by atoms with Crippen molar-refractivity contribution in [2.45, 2.75) is 49.6 Å². The molecular weight excluding hydrogens is 366 g/mol. The molecule has 8 heteroatoms. The van der Waals surface area contributed by atoms with Crippen LogP contribution in [-0.4, -0.2) is 46.7 Å². The highest BCUT2D eigenvalue weighted by Crippen LogP contribution is 2.15. The Kier molecular flexibility index (Phi) is 7.23. The molecule has 2 unspecified atom stereocenters. The molecule has 3 rings (SSSR count). The maximum absolute atomic E-state index is 12.3. The minimum absolute atomic E-state index is 0.0331. The van der Waals surface area contributed by atoms with Crippen LogP contribution in [0.1, 0.15) is 37.7 Å². The van der Waals surface area contributed by atoms with Gasteiger partial charge in [-0.15, -0.1) is 0 Å². The summed E-state index contributed by atoms with van der Waals surface area (Å²) in [6.45, 7) is 3.46. The smallest absolute Gasteiger partial charge is 0.240 e. The van der Waals surface area contributed by atoms with Crippen LogP contribution in [0, 0.1) is 5.92 Å². The van der Waals surface area contributed by atoms with Gasteiger partial charge in [0.1, 0.15) is 0 Å². The molecule has 0 radical (unpaired) electrons. The number of nitrogens with one attached hydrogen (secondary N) is 3. The van der Waals surface area contributed by atoms with Gasteiger partial charge in [-0.2, -0.15) is 0 Å². The Morgan fingerprint density at radius 3 is 2.70 bits per heavy atom. The van der Waals surface area contributed by atoms with E-state index >= 15 is 0 Å². The number of carbonyl (C=O) groups excluding carboxylic acids is 1. The van der Waals surface area contributed by atoms with Crippen LogP contribution in [0.3, 0.4) is 0 Å². The summed E-state index contributed by atoms with van der Waals surface area (Å²) in [5.74, 6) is 0.638. The molecule has 2 aliphatic rings. The monoisotopic (exact) mass is 395 g/mol. The normalized spacial score (nSPS) is 22.8. The number of hydrogen-bond acceptors (Lipinski definition) is 5. The molecule has 1 aromatic carbocycles. The lowest BCUT2D eigenvalue weighted by Crippen LogP contribution is -2.31. The van der Waals surface area contributed by atoms with Crippen molar-refractivity contribution in [3.8, 4) is 0 Å². The second-order valence-corrected chi connectivity index (χ2v) is 9.07. The van der Waals surface area contributed by atoms with Crippen LogP contribution in [0.2, 0.25) is 0 Å². The van der Waals surface area contributed by atoms with E-state index in [4.69, 9.17) is 4.74 Å². The van der Waals surface area contributed by atoms with E-state index in [1.807, 2.05) is 0 Å². The second-order valence-electron chi connectivity index (χ2n) is 7.31. The van der Waals surface area contributed by atoms with Crippen LogP contribution in [0.5, 0.6) is 0 Å². The van der Waals surface area contributed by atoms with Gasteiger partial charge in [0.25, 0.3) is 0 Å². The highest BCUT2D eigenvalue weighted by molar-refractivity contribution is 7.89. The van der Waals surface area contributed by atoms with Crippen molar-refractivity contribution >= 4 is 15.9 Å². The van der Waals surface area contributed by atoms with Crippen molar-refractivity contribution in [2.24, 2.45) is 5.92 Å². The summed E-state index contributed by atoms with van der Waals surface area (Å²) < 4.78 is 32.7. The number of rotatable bonds is 9. The van der Waals surface area contributed by atoms with Gasteiger partial charge in [-0.05, 0) is 62.4 Å². The molecule has 0 saturated carbocycles. The minimum Gasteiger partial charge on any atom is -0.377 e. The average molecular weight is 396 g/mol. The van der Waals surface area contributed by atoms with E-state index in [9.17, 15) is 13.2 Å². The van der Waals surface area contributed by atoms with Gasteiger partial charge in [-0.3, -0.25) is 4.79 Å². The number of benzene rings is 1. The summed E-state index contributed by atoms with van der Waals surface area (Å²) in [7, 11) is -3.54. The van der Waals surface area contributed by atoms with Crippen LogP contribution in [0.15, 0.2) is 29.2 Å². The van der Waals surface area contributed by atoms with Gasteiger partial charge < -0.3 is 15.4 Å². The predicted octanol–water partition coefficient (Wildman–Crippen LogP) is 1.15. The molecule has 0 bridgehead atoms. The number of ether oxygens (including phenoxy) is 1. The van der Waals surface area contributed by atoms with Gasteiger partial charge >= 0.3 is 0 Å². The summed E-state index contributed by atoms with van der Waals surface area (Å²) in [5, 5.41) is 6.21. The molecule has 27 heavy (non-hydrogen) atoms. The van der Waals surface area contributed by atoms with Crippen LogP contribution in [-0.2, 0) is 26.1 Å². The number of carbonyl (C=O) groups is 1. The second kappa shape index (κ2) is 9.64. The lowest BCUT2D eigenvalue weighted by atomic mass is 10.0. The highest BCUT2D eigenvalue weighted by Gasteiger charge is 2.20. The topological polar surface area (TPSA) is 96.5 Å². The van der Waals surface area contributed by atoms with Gasteiger partial charge in [0.2, 0.25) is 15.9 Å². The molecule has 0 aliphatic carbocycles. The summed E-state index contributed by atoms with van der Waals surface area (Å²) in [4.78, 5) is 12.2. The standard InChI is InChI=1S/C19H29N3O4S/c23-19(8-5-16-9-10-20-12-16)21-13-15-3-6-18(7-4-15)27(24,25)22-14-17-2-1-11-26-17/h3-4,6-7,16-17,20,22H,1-2,5,8-14H2,(H,21,23). The van der Waals surface area contributed by atoms with Crippen molar-refractivity contribution in [1.29, 1.82) is 0 Å². The number of hydrogen-bond donors (Lipinski definition) is 3. The molecule has 2 aliphatic heterocycles. The van der Waals surface area contributed by atoms with Crippen LogP contribution < -0.4 is 15.4 Å². The number of sulfonamides is 1. The van der Waals surface area contributed by atoms with E-state index in [-0.39, 0.29) is 16.9 Å². The van der Waals surface area contributed by atoms with E-state index in [1.54, 1.807) is 24.3 Å². The van der Waals surface area contributed by atoms with Crippen molar-refractivity contribution < 1.29 is 17.9 Å². The summed E-state index contributed by atoms with van der Waals surface area (Å²) in [5.41, 5.74) is 0.879. The minimum atomic E-state index is -3.54. The molecule has 1 amide bonds. The third kappa shape index (κ3) is 6.27. The Bertz CT molecular complexity index is 709. The zero-order valence-corrected chi connectivity index (χ0v) is 16.4. The van der Waals surface area contributed by atoms with E-state index in [2.05, 4.69) is 15.4 Å². The SMILES string of the molecule is O=C(CCC1CCNC1)NCc1ccc(S(=O)(=O)NCC2CCCO2)cc1. The Balaban J connectivity index is 1.42. The molecular formula is C19H29N3O4S. The van der Waals surface area contributed by atoms with Crippen molar-refractivity contribution in [1.82, 2.24) is 15.4 Å². The van der Waals surface area contributed by atoms with Gasteiger partial charge in [0, 0.05) is 26.1 Å². The van der Waals surface area contributed by atoms with Gasteiger partial charge in [0.05, 0.1) is 11.0 Å². The van der Waals surface area contributed by atoms with Crippen molar-refractivity contribution in [2.75, 3.05) is 26.2 Å². The maximum Gasteiger partial charge on any atom is 0.240 e. The molecule has 0 aromatic heterocycles. The molecule has 0 spiro atoms. The molecule has 2 atom stereocenters. The van der Waals surface area contributed by atoms with Gasteiger partial charge in [0.15, 0.2) is 0 Å². The first kappa shape index (κ1) is 20.3. The van der Waals surface area contributed by atoms with E-state index in [0.29, 0.717) is 32.0 Å². The predicted molar refractivity (Wildman–Crippen MR) is 103 cm³/mol. The van der Waals surface area contributed by atoms with Gasteiger partial charge in [-0.25, -0.2) is 13.1 Å². The molecule has 2 fully saturated rings. The molecule has 7 nitrogen and oxygen atoms in total. The fourth-order valence-corrected chi connectivity index (χ4v) is 4.53. The fourth-order valence-electron chi connectivity index (χ4n) is 3.46. The summed E-state index contributed by atoms with van der Waals surface area (Å²) >= 11 is 0. The first-order valence-corrected chi connectivity index (χ1v) is 11.2. The highest BCUT2D eigenvalue weighted by atomic mass is 32.2. The Hall–Kier alpha value is -1.48. The number of amides is 1. The summed E-state index contributed by atoms with van der Waals surface area (Å²) in [6.07, 6.45) is 4.42. The quantitative estimate of drug-likeness (QED) is 0.583. The van der Waals surface area contributed by atoms with Crippen LogP contribution in [0.25, 0.3) is 0 Å². The molecule has 2 saturated heterocycles. The Labute approximate surface area is 161 Å². The Morgan fingerprint density at radius 2 is 2.04 bits per heavy atom. The van der Waals surface area contributed by atoms with Crippen LogP contribution >= 0.6 is 0 Å². The van der Waals surface area contributed by atoms with E-state index in [0.717, 1.165) is 44.3 Å². The van der Waals surface area contributed by atoms with Crippen LogP contribution in [0.4, 0.5) is 0 Å². The molecule has 1 aromatic rings. The zero-order chi connectivity index (χ0) is 19.1. The van der Waals surface area contributed by atoms with Crippen molar-refractivity contribution in [3.63, 3.8) is 0 Å². The fraction of sp³-hybridized carbons (Fsp3) is 0.632. The molecule has 3 N–H and O–H groups in total. The van der Waals surface area contributed by atoms with E-state index < -0.39 is 10.0 Å².